The minimum Gasteiger partial charge on any atom is -0.368 e. The molecular weight excluding hydrogens is 321 g/mol. The Morgan fingerprint density at radius 1 is 1.35 bits per heavy atom. The Kier molecular flexibility index (Phi) is 4.19. The van der Waals surface area contributed by atoms with Crippen LogP contribution in [0.1, 0.15) is 19.7 Å². The summed E-state index contributed by atoms with van der Waals surface area (Å²) < 4.78 is 1.77. The molecule has 2 N–H and O–H groups in total. The van der Waals surface area contributed by atoms with Gasteiger partial charge in [-0.05, 0) is 26.0 Å². The number of amides is 1. The van der Waals surface area contributed by atoms with Crippen molar-refractivity contribution in [1.82, 2.24) is 9.55 Å². The number of aryl methyl sites for hydroxylation is 1. The van der Waals surface area contributed by atoms with Gasteiger partial charge in [-0.25, -0.2) is 4.98 Å². The first-order valence-corrected chi connectivity index (χ1v) is 7.30. The lowest BCUT2D eigenvalue weighted by atomic mass is 10.0. The lowest BCUT2D eigenvalue weighted by Gasteiger charge is -2.25. The second kappa shape index (κ2) is 5.43. The lowest BCUT2D eigenvalue weighted by molar-refractivity contribution is -0.125. The molecule has 0 saturated heterocycles. The molecule has 0 fully saturated rings. The number of nitrogens with zero attached hydrogens (tertiary/aromatic N) is 2. The van der Waals surface area contributed by atoms with Crippen LogP contribution >= 0.6 is 34.8 Å². The van der Waals surface area contributed by atoms with Gasteiger partial charge in [-0.1, -0.05) is 23.2 Å². The number of hydrogen-bond donors (Lipinski definition) is 1. The number of primary amides is 1. The van der Waals surface area contributed by atoms with Gasteiger partial charge in [0, 0.05) is 12.3 Å². The van der Waals surface area contributed by atoms with Gasteiger partial charge in [0.2, 0.25) is 5.91 Å². The Labute approximate surface area is 131 Å². The first-order chi connectivity index (χ1) is 9.28. The van der Waals surface area contributed by atoms with E-state index in [9.17, 15) is 4.79 Å². The van der Waals surface area contributed by atoms with Gasteiger partial charge in [0.15, 0.2) is 0 Å². The molecule has 0 aliphatic carbocycles. The predicted octanol–water partition coefficient (Wildman–Crippen LogP) is 3.34. The molecule has 108 valence electrons. The highest BCUT2D eigenvalue weighted by atomic mass is 35.5. The van der Waals surface area contributed by atoms with Crippen LogP contribution in [0.4, 0.5) is 0 Å². The molecule has 1 aromatic carbocycles. The SMILES string of the molecule is CC(C)(C(N)=O)n1c(CCCl)nc2cc(Cl)c(Cl)cc21. The minimum atomic E-state index is -0.937. The van der Waals surface area contributed by atoms with Crippen LogP contribution in [0.25, 0.3) is 11.0 Å². The van der Waals surface area contributed by atoms with Gasteiger partial charge in [-0.2, -0.15) is 0 Å². The van der Waals surface area contributed by atoms with E-state index in [4.69, 9.17) is 40.5 Å². The van der Waals surface area contributed by atoms with Crippen LogP contribution in [0, 0.1) is 0 Å². The molecule has 0 unspecified atom stereocenters. The number of carbonyl (C=O) groups excluding carboxylic acids is 1. The molecule has 1 aromatic heterocycles. The van der Waals surface area contributed by atoms with Crippen LogP contribution in [-0.2, 0) is 16.8 Å². The second-order valence-corrected chi connectivity index (χ2v) is 6.17. The van der Waals surface area contributed by atoms with E-state index in [2.05, 4.69) is 4.98 Å². The summed E-state index contributed by atoms with van der Waals surface area (Å²) in [6.45, 7) is 3.47. The molecule has 20 heavy (non-hydrogen) atoms. The Bertz CT molecular complexity index is 679. The molecular formula is C13H14Cl3N3O. The largest absolute Gasteiger partial charge is 0.368 e. The summed E-state index contributed by atoms with van der Waals surface area (Å²) >= 11 is 17.9. The zero-order chi connectivity index (χ0) is 15.1. The van der Waals surface area contributed by atoms with Crippen molar-refractivity contribution < 1.29 is 4.79 Å². The van der Waals surface area contributed by atoms with Crippen molar-refractivity contribution in [3.63, 3.8) is 0 Å². The van der Waals surface area contributed by atoms with E-state index in [-0.39, 0.29) is 0 Å². The molecule has 0 saturated carbocycles. The Morgan fingerprint density at radius 2 is 1.95 bits per heavy atom. The molecule has 7 heteroatoms. The zero-order valence-corrected chi connectivity index (χ0v) is 13.4. The second-order valence-electron chi connectivity index (χ2n) is 4.98. The van der Waals surface area contributed by atoms with Crippen molar-refractivity contribution in [3.8, 4) is 0 Å². The van der Waals surface area contributed by atoms with Crippen LogP contribution in [0.5, 0.6) is 0 Å². The third-order valence-electron chi connectivity index (χ3n) is 3.25. The van der Waals surface area contributed by atoms with E-state index in [1.54, 1.807) is 30.5 Å². The smallest absolute Gasteiger partial charge is 0.243 e. The fourth-order valence-corrected chi connectivity index (χ4v) is 2.59. The van der Waals surface area contributed by atoms with Crippen molar-refractivity contribution in [2.75, 3.05) is 5.88 Å². The maximum atomic E-state index is 11.8. The Balaban J connectivity index is 2.81. The van der Waals surface area contributed by atoms with Crippen molar-refractivity contribution in [3.05, 3.63) is 28.0 Å². The van der Waals surface area contributed by atoms with Gasteiger partial charge in [0.05, 0.1) is 21.1 Å². The first-order valence-electron chi connectivity index (χ1n) is 6.01. The number of aromatic nitrogens is 2. The third-order valence-corrected chi connectivity index (χ3v) is 4.16. The van der Waals surface area contributed by atoms with Gasteiger partial charge in [0.25, 0.3) is 0 Å². The average molecular weight is 335 g/mol. The molecule has 0 aliphatic heterocycles. The number of nitrogens with two attached hydrogens (primary N) is 1. The monoisotopic (exact) mass is 333 g/mol. The van der Waals surface area contributed by atoms with E-state index in [1.807, 2.05) is 0 Å². The van der Waals surface area contributed by atoms with Crippen LogP contribution in [0.2, 0.25) is 10.0 Å². The number of imidazole rings is 1. The van der Waals surface area contributed by atoms with Gasteiger partial charge in [-0.3, -0.25) is 4.79 Å². The molecule has 0 spiro atoms. The number of alkyl halides is 1. The molecule has 1 heterocycles. The molecule has 0 atom stereocenters. The quantitative estimate of drug-likeness (QED) is 0.872. The molecule has 2 aromatic rings. The summed E-state index contributed by atoms with van der Waals surface area (Å²) in [5.74, 6) is 0.607. The summed E-state index contributed by atoms with van der Waals surface area (Å²) in [5.41, 5.74) is 5.94. The van der Waals surface area contributed by atoms with E-state index in [0.29, 0.717) is 39.2 Å². The van der Waals surface area contributed by atoms with Crippen LogP contribution in [-0.4, -0.2) is 21.3 Å². The molecule has 2 rings (SSSR count). The molecule has 0 radical (unpaired) electrons. The van der Waals surface area contributed by atoms with Gasteiger partial charge in [0.1, 0.15) is 11.4 Å². The van der Waals surface area contributed by atoms with E-state index < -0.39 is 11.4 Å². The van der Waals surface area contributed by atoms with Gasteiger partial charge < -0.3 is 10.3 Å². The highest BCUT2D eigenvalue weighted by Gasteiger charge is 2.31. The van der Waals surface area contributed by atoms with E-state index in [0.717, 1.165) is 0 Å². The number of carbonyl (C=O) groups is 1. The average Bonchev–Trinajstić information content (AvgIpc) is 2.68. The number of benzene rings is 1. The maximum Gasteiger partial charge on any atom is 0.243 e. The normalized spacial score (nSPS) is 12.1. The zero-order valence-electron chi connectivity index (χ0n) is 11.1. The highest BCUT2D eigenvalue weighted by molar-refractivity contribution is 6.42. The number of hydrogen-bond acceptors (Lipinski definition) is 2. The van der Waals surface area contributed by atoms with Crippen molar-refractivity contribution in [2.45, 2.75) is 25.8 Å². The van der Waals surface area contributed by atoms with E-state index in [1.165, 1.54) is 0 Å². The van der Waals surface area contributed by atoms with Crippen LogP contribution < -0.4 is 5.73 Å². The summed E-state index contributed by atoms with van der Waals surface area (Å²) in [6.07, 6.45) is 0.516. The number of rotatable bonds is 4. The topological polar surface area (TPSA) is 60.9 Å². The lowest BCUT2D eigenvalue weighted by Crippen LogP contribution is -2.42. The number of halogens is 3. The molecule has 0 aliphatic rings. The molecule has 4 nitrogen and oxygen atoms in total. The van der Waals surface area contributed by atoms with Crippen LogP contribution in [0.3, 0.4) is 0 Å². The van der Waals surface area contributed by atoms with Gasteiger partial charge >= 0.3 is 0 Å². The van der Waals surface area contributed by atoms with Crippen molar-refractivity contribution >= 4 is 51.7 Å². The first kappa shape index (κ1) is 15.4. The predicted molar refractivity (Wildman–Crippen MR) is 82.7 cm³/mol. The summed E-state index contributed by atoms with van der Waals surface area (Å²) in [4.78, 5) is 16.2. The minimum absolute atomic E-state index is 0.389. The standard InChI is InChI=1S/C13H14Cl3N3O/c1-13(2,12(17)20)19-10-6-8(16)7(15)5-9(10)18-11(19)3-4-14/h5-6H,3-4H2,1-2H3,(H2,17,20). The maximum absolute atomic E-state index is 11.8. The highest BCUT2D eigenvalue weighted by Crippen LogP contribution is 2.32. The fourth-order valence-electron chi connectivity index (χ4n) is 2.11. The van der Waals surface area contributed by atoms with E-state index >= 15 is 0 Å². The van der Waals surface area contributed by atoms with Crippen molar-refractivity contribution in [2.24, 2.45) is 5.73 Å². The summed E-state index contributed by atoms with van der Waals surface area (Å²) in [7, 11) is 0. The van der Waals surface area contributed by atoms with Gasteiger partial charge in [-0.15, -0.1) is 11.6 Å². The summed E-state index contributed by atoms with van der Waals surface area (Å²) in [6, 6.07) is 3.36. The van der Waals surface area contributed by atoms with Crippen LogP contribution in [0.15, 0.2) is 12.1 Å². The molecule has 0 bridgehead atoms. The Morgan fingerprint density at radius 3 is 2.50 bits per heavy atom. The third kappa shape index (κ3) is 2.48. The number of fused-ring (bicyclic) bond motifs is 1. The van der Waals surface area contributed by atoms with Crippen molar-refractivity contribution in [1.29, 1.82) is 0 Å². The Hall–Kier alpha value is -0.970. The molecule has 1 amide bonds. The fraction of sp³-hybridized carbons (Fsp3) is 0.385. The summed E-state index contributed by atoms with van der Waals surface area (Å²) in [5, 5.41) is 0.816.